The van der Waals surface area contributed by atoms with Crippen molar-refractivity contribution in [3.8, 4) is 0 Å². The van der Waals surface area contributed by atoms with Gasteiger partial charge in [-0.15, -0.1) is 0 Å². The largest absolute Gasteiger partial charge is 0.478 e. The van der Waals surface area contributed by atoms with Crippen LogP contribution in [-0.4, -0.2) is 15.6 Å². The monoisotopic (exact) mass is 271 g/mol. The fourth-order valence-electron chi connectivity index (χ4n) is 1.55. The van der Waals surface area contributed by atoms with E-state index in [1.165, 1.54) is 12.3 Å². The number of nitrogens with zero attached hydrogens (tertiary/aromatic N) is 1. The fraction of sp³-hybridized carbons (Fsp3) is 0.100. The van der Waals surface area contributed by atoms with Gasteiger partial charge in [-0.3, -0.25) is 0 Å². The van der Waals surface area contributed by atoms with E-state index in [4.69, 9.17) is 5.11 Å². The molecule has 78 valence electrons. The third-order valence-electron chi connectivity index (χ3n) is 2.26. The van der Waals surface area contributed by atoms with Crippen molar-refractivity contribution in [2.75, 3.05) is 0 Å². The van der Waals surface area contributed by atoms with E-state index in [2.05, 4.69) is 15.9 Å². The summed E-state index contributed by atoms with van der Waals surface area (Å²) in [6.45, 7) is 0. The Kier molecular flexibility index (Phi) is 2.26. The van der Waals surface area contributed by atoms with Crippen LogP contribution in [0.15, 0.2) is 22.8 Å². The van der Waals surface area contributed by atoms with Crippen molar-refractivity contribution >= 4 is 32.8 Å². The second-order valence-electron chi connectivity index (χ2n) is 3.24. The summed E-state index contributed by atoms with van der Waals surface area (Å²) in [6.07, 6.45) is 1.47. The van der Waals surface area contributed by atoms with Crippen molar-refractivity contribution in [3.05, 3.63) is 34.2 Å². The maximum atomic E-state index is 13.3. The zero-order chi connectivity index (χ0) is 11.2. The van der Waals surface area contributed by atoms with E-state index in [-0.39, 0.29) is 5.56 Å². The SMILES string of the molecule is Cn1cc(C(=O)O)c2cc(F)c(Br)cc21. The number of carboxylic acids is 1. The van der Waals surface area contributed by atoms with Gasteiger partial charge in [-0.2, -0.15) is 0 Å². The molecular weight excluding hydrogens is 265 g/mol. The van der Waals surface area contributed by atoms with Gasteiger partial charge in [0.05, 0.1) is 10.0 Å². The van der Waals surface area contributed by atoms with E-state index in [0.717, 1.165) is 0 Å². The molecule has 3 nitrogen and oxygen atoms in total. The van der Waals surface area contributed by atoms with Gasteiger partial charge in [-0.1, -0.05) is 0 Å². The Labute approximate surface area is 93.3 Å². The topological polar surface area (TPSA) is 42.2 Å². The first-order valence-corrected chi connectivity index (χ1v) is 4.97. The minimum absolute atomic E-state index is 0.110. The van der Waals surface area contributed by atoms with Crippen LogP contribution in [-0.2, 0) is 7.05 Å². The number of carboxylic acid groups (broad SMARTS) is 1. The number of hydrogen-bond acceptors (Lipinski definition) is 1. The van der Waals surface area contributed by atoms with Gasteiger partial charge in [-0.25, -0.2) is 9.18 Å². The lowest BCUT2D eigenvalue weighted by atomic mass is 10.2. The molecule has 2 rings (SSSR count). The molecule has 0 aliphatic rings. The van der Waals surface area contributed by atoms with Crippen LogP contribution < -0.4 is 0 Å². The highest BCUT2D eigenvalue weighted by Crippen LogP contribution is 2.26. The van der Waals surface area contributed by atoms with Crippen LogP contribution in [0.3, 0.4) is 0 Å². The maximum Gasteiger partial charge on any atom is 0.337 e. The summed E-state index contributed by atoms with van der Waals surface area (Å²) >= 11 is 3.06. The average Bonchev–Trinajstić information content (AvgIpc) is 2.45. The van der Waals surface area contributed by atoms with Crippen molar-refractivity contribution in [2.45, 2.75) is 0 Å². The Morgan fingerprint density at radius 1 is 1.53 bits per heavy atom. The number of hydrogen-bond donors (Lipinski definition) is 1. The van der Waals surface area contributed by atoms with Gasteiger partial charge in [0.1, 0.15) is 5.82 Å². The average molecular weight is 272 g/mol. The summed E-state index contributed by atoms with van der Waals surface area (Å²) < 4.78 is 15.2. The van der Waals surface area contributed by atoms with E-state index >= 15 is 0 Å². The number of halogens is 2. The molecule has 0 unspecified atom stereocenters. The molecular formula is C10H7BrFNO2. The molecule has 5 heteroatoms. The van der Waals surface area contributed by atoms with Crippen molar-refractivity contribution in [2.24, 2.45) is 7.05 Å². The Hall–Kier alpha value is -1.36. The van der Waals surface area contributed by atoms with Gasteiger partial charge in [-0.05, 0) is 28.1 Å². The number of carbonyl (C=O) groups is 1. The smallest absolute Gasteiger partial charge is 0.337 e. The molecule has 0 amide bonds. The van der Waals surface area contributed by atoms with Gasteiger partial charge < -0.3 is 9.67 Å². The minimum atomic E-state index is -1.05. The summed E-state index contributed by atoms with van der Waals surface area (Å²) in [5, 5.41) is 9.32. The van der Waals surface area contributed by atoms with Crippen molar-refractivity contribution < 1.29 is 14.3 Å². The van der Waals surface area contributed by atoms with Gasteiger partial charge in [0.25, 0.3) is 0 Å². The van der Waals surface area contributed by atoms with E-state index in [1.807, 2.05) is 0 Å². The van der Waals surface area contributed by atoms with Crippen molar-refractivity contribution in [1.82, 2.24) is 4.57 Å². The highest BCUT2D eigenvalue weighted by atomic mass is 79.9. The molecule has 0 saturated heterocycles. The van der Waals surface area contributed by atoms with Crippen molar-refractivity contribution in [3.63, 3.8) is 0 Å². The zero-order valence-electron chi connectivity index (χ0n) is 7.79. The number of rotatable bonds is 1. The van der Waals surface area contributed by atoms with Gasteiger partial charge in [0.2, 0.25) is 0 Å². The first-order valence-electron chi connectivity index (χ1n) is 4.18. The number of aryl methyl sites for hydroxylation is 1. The molecule has 1 aromatic carbocycles. The van der Waals surface area contributed by atoms with Crippen LogP contribution in [0.2, 0.25) is 0 Å². The standard InChI is InChI=1S/C10H7BrFNO2/c1-13-4-6(10(14)15)5-2-8(12)7(11)3-9(5)13/h2-4H,1H3,(H,14,15). The van der Waals surface area contributed by atoms with E-state index in [9.17, 15) is 9.18 Å². The molecule has 1 N–H and O–H groups in total. The first kappa shape index (κ1) is 10.2. The molecule has 0 fully saturated rings. The summed E-state index contributed by atoms with van der Waals surface area (Å²) in [7, 11) is 1.72. The molecule has 0 bridgehead atoms. The lowest BCUT2D eigenvalue weighted by Gasteiger charge is -1.98. The Morgan fingerprint density at radius 2 is 2.20 bits per heavy atom. The van der Waals surface area contributed by atoms with Crippen LogP contribution in [0.4, 0.5) is 4.39 Å². The van der Waals surface area contributed by atoms with Crippen molar-refractivity contribution in [1.29, 1.82) is 0 Å². The molecule has 1 aromatic heterocycles. The lowest BCUT2D eigenvalue weighted by Crippen LogP contribution is -1.94. The highest BCUT2D eigenvalue weighted by Gasteiger charge is 2.14. The maximum absolute atomic E-state index is 13.3. The molecule has 0 aliphatic heterocycles. The normalized spacial score (nSPS) is 10.9. The molecule has 1 heterocycles. The summed E-state index contributed by atoms with van der Waals surface area (Å²) in [5.74, 6) is -1.52. The van der Waals surface area contributed by atoms with Gasteiger partial charge >= 0.3 is 5.97 Å². The zero-order valence-corrected chi connectivity index (χ0v) is 9.38. The third-order valence-corrected chi connectivity index (χ3v) is 2.87. The molecule has 15 heavy (non-hydrogen) atoms. The molecule has 0 saturated carbocycles. The van der Waals surface area contributed by atoms with Gasteiger partial charge in [0.15, 0.2) is 0 Å². The Bertz CT molecular complexity index is 562. The summed E-state index contributed by atoms with van der Waals surface area (Å²) in [5.41, 5.74) is 0.791. The summed E-state index contributed by atoms with van der Waals surface area (Å²) in [6, 6.07) is 2.79. The number of benzene rings is 1. The van der Waals surface area contributed by atoms with E-state index in [0.29, 0.717) is 15.4 Å². The predicted octanol–water partition coefficient (Wildman–Crippen LogP) is 2.78. The van der Waals surface area contributed by atoms with Crippen LogP contribution in [0.5, 0.6) is 0 Å². The number of fused-ring (bicyclic) bond motifs is 1. The first-order chi connectivity index (χ1) is 7.00. The van der Waals surface area contributed by atoms with Crippen LogP contribution in [0.25, 0.3) is 10.9 Å². The van der Waals surface area contributed by atoms with Crippen LogP contribution in [0.1, 0.15) is 10.4 Å². The highest BCUT2D eigenvalue weighted by molar-refractivity contribution is 9.10. The number of aromatic nitrogens is 1. The van der Waals surface area contributed by atoms with Crippen LogP contribution in [0, 0.1) is 5.82 Å². The molecule has 0 atom stereocenters. The quantitative estimate of drug-likeness (QED) is 0.867. The van der Waals surface area contributed by atoms with E-state index in [1.54, 1.807) is 17.7 Å². The third kappa shape index (κ3) is 1.52. The summed E-state index contributed by atoms with van der Waals surface area (Å²) in [4.78, 5) is 10.9. The second-order valence-corrected chi connectivity index (χ2v) is 4.10. The number of aromatic carboxylic acids is 1. The predicted molar refractivity (Wildman–Crippen MR) is 57.5 cm³/mol. The molecule has 0 radical (unpaired) electrons. The van der Waals surface area contributed by atoms with Gasteiger partial charge in [0, 0.05) is 24.1 Å². The molecule has 0 spiro atoms. The second kappa shape index (κ2) is 3.34. The lowest BCUT2D eigenvalue weighted by molar-refractivity contribution is 0.0699. The van der Waals surface area contributed by atoms with E-state index < -0.39 is 11.8 Å². The molecule has 2 aromatic rings. The molecule has 0 aliphatic carbocycles. The minimum Gasteiger partial charge on any atom is -0.478 e. The Morgan fingerprint density at radius 3 is 2.80 bits per heavy atom. The fourth-order valence-corrected chi connectivity index (χ4v) is 1.88. The Balaban J connectivity index is 2.88. The van der Waals surface area contributed by atoms with Crippen LogP contribution >= 0.6 is 15.9 Å².